The summed E-state index contributed by atoms with van der Waals surface area (Å²) in [5.74, 6) is 1.47. The summed E-state index contributed by atoms with van der Waals surface area (Å²) in [7, 11) is 3.29. The standard InChI is InChI=1S/C12H18N2O2/c1-15-10-4-8-14-11(16-2)9(10)3-5-12(13)6-7-12/h4,8H,3,5-7,13H2,1-2H3. The molecule has 0 atom stereocenters. The number of aromatic nitrogens is 1. The van der Waals surface area contributed by atoms with E-state index in [1.54, 1.807) is 20.4 Å². The third-order valence-corrected chi connectivity index (χ3v) is 3.15. The summed E-state index contributed by atoms with van der Waals surface area (Å²) in [5, 5.41) is 0. The SMILES string of the molecule is COc1ccnc(OC)c1CCC1(N)CC1. The largest absolute Gasteiger partial charge is 0.496 e. The van der Waals surface area contributed by atoms with Crippen molar-refractivity contribution in [2.45, 2.75) is 31.2 Å². The Morgan fingerprint density at radius 2 is 2.12 bits per heavy atom. The first kappa shape index (κ1) is 11.2. The molecule has 0 unspecified atom stereocenters. The van der Waals surface area contributed by atoms with E-state index in [1.807, 2.05) is 6.07 Å². The minimum Gasteiger partial charge on any atom is -0.496 e. The summed E-state index contributed by atoms with van der Waals surface area (Å²) >= 11 is 0. The molecule has 0 aliphatic heterocycles. The monoisotopic (exact) mass is 222 g/mol. The highest BCUT2D eigenvalue weighted by Gasteiger charge is 2.37. The molecule has 0 aromatic carbocycles. The average molecular weight is 222 g/mol. The van der Waals surface area contributed by atoms with Crippen molar-refractivity contribution < 1.29 is 9.47 Å². The van der Waals surface area contributed by atoms with Gasteiger partial charge < -0.3 is 15.2 Å². The number of hydrogen-bond donors (Lipinski definition) is 1. The van der Waals surface area contributed by atoms with E-state index in [0.717, 1.165) is 37.0 Å². The van der Waals surface area contributed by atoms with Crippen molar-refractivity contribution >= 4 is 0 Å². The summed E-state index contributed by atoms with van der Waals surface area (Å²) in [6.07, 6.45) is 5.76. The molecule has 16 heavy (non-hydrogen) atoms. The van der Waals surface area contributed by atoms with Crippen LogP contribution in [0.15, 0.2) is 12.3 Å². The van der Waals surface area contributed by atoms with Gasteiger partial charge in [-0.15, -0.1) is 0 Å². The lowest BCUT2D eigenvalue weighted by molar-refractivity contribution is 0.371. The van der Waals surface area contributed by atoms with Crippen molar-refractivity contribution in [2.24, 2.45) is 5.73 Å². The Kier molecular flexibility index (Phi) is 3.01. The van der Waals surface area contributed by atoms with Crippen molar-refractivity contribution in [3.63, 3.8) is 0 Å². The second-order valence-corrected chi connectivity index (χ2v) is 4.36. The molecule has 1 aliphatic rings. The van der Waals surface area contributed by atoms with Crippen LogP contribution in [0.2, 0.25) is 0 Å². The number of nitrogens with zero attached hydrogens (tertiary/aromatic N) is 1. The molecular weight excluding hydrogens is 204 g/mol. The van der Waals surface area contributed by atoms with E-state index >= 15 is 0 Å². The van der Waals surface area contributed by atoms with Gasteiger partial charge in [-0.25, -0.2) is 4.98 Å². The van der Waals surface area contributed by atoms with E-state index in [1.165, 1.54) is 0 Å². The van der Waals surface area contributed by atoms with Gasteiger partial charge in [-0.2, -0.15) is 0 Å². The maximum absolute atomic E-state index is 6.08. The molecule has 0 amide bonds. The van der Waals surface area contributed by atoms with Crippen LogP contribution in [0.4, 0.5) is 0 Å². The fourth-order valence-electron chi connectivity index (χ4n) is 1.84. The summed E-state index contributed by atoms with van der Waals surface area (Å²) in [6.45, 7) is 0. The molecule has 1 fully saturated rings. The molecule has 1 aromatic heterocycles. The third-order valence-electron chi connectivity index (χ3n) is 3.15. The number of rotatable bonds is 5. The lowest BCUT2D eigenvalue weighted by atomic mass is 10.0. The van der Waals surface area contributed by atoms with Crippen LogP contribution in [0.25, 0.3) is 0 Å². The molecule has 1 aromatic rings. The van der Waals surface area contributed by atoms with Crippen molar-refractivity contribution in [3.05, 3.63) is 17.8 Å². The fraction of sp³-hybridized carbons (Fsp3) is 0.583. The van der Waals surface area contributed by atoms with Crippen LogP contribution < -0.4 is 15.2 Å². The van der Waals surface area contributed by atoms with Crippen molar-refractivity contribution in [3.8, 4) is 11.6 Å². The Hall–Kier alpha value is -1.29. The van der Waals surface area contributed by atoms with Gasteiger partial charge in [0, 0.05) is 11.7 Å². The van der Waals surface area contributed by atoms with E-state index < -0.39 is 0 Å². The molecule has 0 bridgehead atoms. The molecular formula is C12H18N2O2. The lowest BCUT2D eigenvalue weighted by Gasteiger charge is -2.13. The second-order valence-electron chi connectivity index (χ2n) is 4.36. The van der Waals surface area contributed by atoms with E-state index in [-0.39, 0.29) is 5.54 Å². The van der Waals surface area contributed by atoms with Gasteiger partial charge in [-0.05, 0) is 31.7 Å². The molecule has 1 aliphatic carbocycles. The second kappa shape index (κ2) is 4.29. The lowest BCUT2D eigenvalue weighted by Crippen LogP contribution is -2.22. The van der Waals surface area contributed by atoms with E-state index in [9.17, 15) is 0 Å². The molecule has 4 heteroatoms. The van der Waals surface area contributed by atoms with Gasteiger partial charge >= 0.3 is 0 Å². The maximum Gasteiger partial charge on any atom is 0.219 e. The van der Waals surface area contributed by atoms with Gasteiger partial charge in [0.15, 0.2) is 0 Å². The van der Waals surface area contributed by atoms with Crippen molar-refractivity contribution in [1.82, 2.24) is 4.98 Å². The van der Waals surface area contributed by atoms with Gasteiger partial charge in [-0.1, -0.05) is 0 Å². The topological polar surface area (TPSA) is 57.4 Å². The predicted octanol–water partition coefficient (Wildman–Crippen LogP) is 1.52. The third kappa shape index (κ3) is 2.27. The van der Waals surface area contributed by atoms with E-state index in [0.29, 0.717) is 5.88 Å². The fourth-order valence-corrected chi connectivity index (χ4v) is 1.84. The number of pyridine rings is 1. The quantitative estimate of drug-likeness (QED) is 0.820. The Morgan fingerprint density at radius 1 is 1.38 bits per heavy atom. The molecule has 1 saturated carbocycles. The number of methoxy groups -OCH3 is 2. The molecule has 1 heterocycles. The molecule has 4 nitrogen and oxygen atoms in total. The van der Waals surface area contributed by atoms with E-state index in [4.69, 9.17) is 15.2 Å². The molecule has 0 spiro atoms. The van der Waals surface area contributed by atoms with Crippen molar-refractivity contribution in [2.75, 3.05) is 14.2 Å². The zero-order valence-corrected chi connectivity index (χ0v) is 9.82. The highest BCUT2D eigenvalue weighted by atomic mass is 16.5. The average Bonchev–Trinajstić information content (AvgIpc) is 3.04. The van der Waals surface area contributed by atoms with Crippen LogP contribution in [-0.2, 0) is 6.42 Å². The minimum absolute atomic E-state index is 0.0475. The summed E-state index contributed by atoms with van der Waals surface area (Å²) in [6, 6.07) is 1.86. The van der Waals surface area contributed by atoms with Gasteiger partial charge in [0.1, 0.15) is 5.75 Å². The first-order chi connectivity index (χ1) is 7.68. The van der Waals surface area contributed by atoms with Crippen LogP contribution in [0.3, 0.4) is 0 Å². The van der Waals surface area contributed by atoms with Crippen LogP contribution in [0, 0.1) is 0 Å². The zero-order chi connectivity index (χ0) is 11.6. The van der Waals surface area contributed by atoms with Gasteiger partial charge in [0.2, 0.25) is 5.88 Å². The van der Waals surface area contributed by atoms with Crippen LogP contribution in [0.1, 0.15) is 24.8 Å². The first-order valence-corrected chi connectivity index (χ1v) is 5.53. The summed E-state index contributed by atoms with van der Waals surface area (Å²) in [5.41, 5.74) is 7.14. The first-order valence-electron chi connectivity index (χ1n) is 5.53. The molecule has 2 rings (SSSR count). The maximum atomic E-state index is 6.08. The van der Waals surface area contributed by atoms with E-state index in [2.05, 4.69) is 4.98 Å². The van der Waals surface area contributed by atoms with Gasteiger partial charge in [-0.3, -0.25) is 0 Å². The zero-order valence-electron chi connectivity index (χ0n) is 9.82. The van der Waals surface area contributed by atoms with Crippen LogP contribution in [-0.4, -0.2) is 24.7 Å². The number of hydrogen-bond acceptors (Lipinski definition) is 4. The Balaban J connectivity index is 2.15. The van der Waals surface area contributed by atoms with Gasteiger partial charge in [0.25, 0.3) is 0 Å². The molecule has 88 valence electrons. The number of ether oxygens (including phenoxy) is 2. The Morgan fingerprint density at radius 3 is 2.69 bits per heavy atom. The number of nitrogens with two attached hydrogens (primary N) is 1. The summed E-state index contributed by atoms with van der Waals surface area (Å²) < 4.78 is 10.6. The predicted molar refractivity (Wildman–Crippen MR) is 61.8 cm³/mol. The smallest absolute Gasteiger partial charge is 0.219 e. The normalized spacial score (nSPS) is 16.9. The highest BCUT2D eigenvalue weighted by molar-refractivity contribution is 5.40. The molecule has 0 saturated heterocycles. The summed E-state index contributed by atoms with van der Waals surface area (Å²) in [4.78, 5) is 4.18. The van der Waals surface area contributed by atoms with Crippen LogP contribution >= 0.6 is 0 Å². The van der Waals surface area contributed by atoms with Gasteiger partial charge in [0.05, 0.1) is 19.8 Å². The minimum atomic E-state index is 0.0475. The Labute approximate surface area is 95.8 Å². The van der Waals surface area contributed by atoms with Crippen molar-refractivity contribution in [1.29, 1.82) is 0 Å². The highest BCUT2D eigenvalue weighted by Crippen LogP contribution is 2.38. The molecule has 0 radical (unpaired) electrons. The van der Waals surface area contributed by atoms with Crippen LogP contribution in [0.5, 0.6) is 11.6 Å². The molecule has 2 N–H and O–H groups in total. The Bertz CT molecular complexity index is 353.